The zero-order valence-corrected chi connectivity index (χ0v) is 11.2. The summed E-state index contributed by atoms with van der Waals surface area (Å²) < 4.78 is 2.41. The number of aromatic nitrogens is 2. The molecule has 0 bridgehead atoms. The standard InChI is InChI=1S/C11H19BrN2O/c1-4-5-9-10(12)11(15)14(13-9)7-6-8(2)3/h8,13H,4-7H2,1-3H3. The average molecular weight is 275 g/mol. The first-order valence-corrected chi connectivity index (χ1v) is 6.32. The summed E-state index contributed by atoms with van der Waals surface area (Å²) in [7, 11) is 0. The molecule has 0 aliphatic carbocycles. The quantitative estimate of drug-likeness (QED) is 0.881. The number of halogens is 1. The lowest BCUT2D eigenvalue weighted by atomic mass is 10.1. The molecule has 0 spiro atoms. The fourth-order valence-electron chi connectivity index (χ4n) is 1.47. The summed E-state index contributed by atoms with van der Waals surface area (Å²) >= 11 is 3.34. The van der Waals surface area contributed by atoms with Gasteiger partial charge in [-0.05, 0) is 34.7 Å². The Morgan fingerprint density at radius 1 is 1.47 bits per heavy atom. The smallest absolute Gasteiger partial charge is 0.281 e. The van der Waals surface area contributed by atoms with Crippen molar-refractivity contribution in [3.8, 4) is 0 Å². The monoisotopic (exact) mass is 274 g/mol. The minimum absolute atomic E-state index is 0.0686. The molecular formula is C11H19BrN2O. The predicted octanol–water partition coefficient (Wildman–Crippen LogP) is 2.94. The molecule has 0 amide bonds. The SMILES string of the molecule is CCCc1[nH]n(CCC(C)C)c(=O)c1Br. The summed E-state index contributed by atoms with van der Waals surface area (Å²) in [4.78, 5) is 11.8. The van der Waals surface area contributed by atoms with Crippen LogP contribution in [0.3, 0.4) is 0 Å². The van der Waals surface area contributed by atoms with E-state index in [2.05, 4.69) is 41.8 Å². The molecule has 1 N–H and O–H groups in total. The Balaban J connectivity index is 2.81. The molecule has 4 heteroatoms. The zero-order valence-electron chi connectivity index (χ0n) is 9.64. The molecule has 1 aromatic rings. The molecule has 0 saturated carbocycles. The topological polar surface area (TPSA) is 37.8 Å². The lowest BCUT2D eigenvalue weighted by molar-refractivity contribution is 0.476. The second kappa shape index (κ2) is 5.54. The first-order valence-electron chi connectivity index (χ1n) is 5.53. The molecular weight excluding hydrogens is 256 g/mol. The maximum atomic E-state index is 11.8. The maximum absolute atomic E-state index is 11.8. The molecule has 0 aliphatic heterocycles. The fourth-order valence-corrected chi connectivity index (χ4v) is 1.97. The van der Waals surface area contributed by atoms with Crippen LogP contribution in [0.1, 0.15) is 39.3 Å². The molecule has 0 radical (unpaired) electrons. The van der Waals surface area contributed by atoms with Gasteiger partial charge in [0, 0.05) is 6.54 Å². The Morgan fingerprint density at radius 3 is 2.67 bits per heavy atom. The number of H-pyrrole nitrogens is 1. The second-order valence-corrected chi connectivity index (χ2v) is 5.09. The van der Waals surface area contributed by atoms with Crippen molar-refractivity contribution in [3.63, 3.8) is 0 Å². The highest BCUT2D eigenvalue weighted by Crippen LogP contribution is 2.12. The fraction of sp³-hybridized carbons (Fsp3) is 0.727. The van der Waals surface area contributed by atoms with Crippen molar-refractivity contribution in [2.45, 2.75) is 46.6 Å². The van der Waals surface area contributed by atoms with Gasteiger partial charge in [0.25, 0.3) is 5.56 Å². The van der Waals surface area contributed by atoms with Gasteiger partial charge in [-0.15, -0.1) is 0 Å². The predicted molar refractivity (Wildman–Crippen MR) is 66.2 cm³/mol. The number of aryl methyl sites for hydroxylation is 2. The normalized spacial score (nSPS) is 11.3. The van der Waals surface area contributed by atoms with Crippen molar-refractivity contribution in [2.75, 3.05) is 0 Å². The van der Waals surface area contributed by atoms with Crippen LogP contribution < -0.4 is 5.56 Å². The molecule has 0 aromatic carbocycles. The molecule has 0 aliphatic rings. The van der Waals surface area contributed by atoms with Gasteiger partial charge in [0.15, 0.2) is 0 Å². The van der Waals surface area contributed by atoms with Crippen molar-refractivity contribution in [2.24, 2.45) is 5.92 Å². The van der Waals surface area contributed by atoms with Gasteiger partial charge >= 0.3 is 0 Å². The van der Waals surface area contributed by atoms with E-state index < -0.39 is 0 Å². The molecule has 86 valence electrons. The maximum Gasteiger partial charge on any atom is 0.281 e. The molecule has 0 atom stereocenters. The van der Waals surface area contributed by atoms with Crippen molar-refractivity contribution < 1.29 is 0 Å². The van der Waals surface area contributed by atoms with Gasteiger partial charge in [-0.3, -0.25) is 14.6 Å². The van der Waals surface area contributed by atoms with Crippen LogP contribution in [-0.2, 0) is 13.0 Å². The molecule has 3 nitrogen and oxygen atoms in total. The first-order chi connectivity index (χ1) is 7.06. The number of nitrogens with zero attached hydrogens (tertiary/aromatic N) is 1. The van der Waals surface area contributed by atoms with Crippen LogP contribution in [0, 0.1) is 5.92 Å². The summed E-state index contributed by atoms with van der Waals surface area (Å²) in [6, 6.07) is 0. The Kier molecular flexibility index (Phi) is 4.64. The molecule has 15 heavy (non-hydrogen) atoms. The van der Waals surface area contributed by atoms with E-state index in [9.17, 15) is 4.79 Å². The van der Waals surface area contributed by atoms with E-state index in [-0.39, 0.29) is 5.56 Å². The van der Waals surface area contributed by atoms with Crippen LogP contribution in [0.4, 0.5) is 0 Å². The second-order valence-electron chi connectivity index (χ2n) is 4.29. The first kappa shape index (κ1) is 12.6. The zero-order chi connectivity index (χ0) is 11.4. The van der Waals surface area contributed by atoms with E-state index >= 15 is 0 Å². The van der Waals surface area contributed by atoms with Crippen LogP contribution in [0.2, 0.25) is 0 Å². The highest BCUT2D eigenvalue weighted by atomic mass is 79.9. The van der Waals surface area contributed by atoms with Crippen LogP contribution in [0.15, 0.2) is 9.27 Å². The number of rotatable bonds is 5. The van der Waals surface area contributed by atoms with Crippen LogP contribution in [0.5, 0.6) is 0 Å². The van der Waals surface area contributed by atoms with Gasteiger partial charge in [0.05, 0.1) is 5.69 Å². The largest absolute Gasteiger partial charge is 0.299 e. The van der Waals surface area contributed by atoms with E-state index in [4.69, 9.17) is 0 Å². The highest BCUT2D eigenvalue weighted by Gasteiger charge is 2.10. The summed E-state index contributed by atoms with van der Waals surface area (Å²) in [6.45, 7) is 7.21. The molecule has 1 aromatic heterocycles. The van der Waals surface area contributed by atoms with Crippen LogP contribution in [0.25, 0.3) is 0 Å². The molecule has 0 saturated heterocycles. The molecule has 0 fully saturated rings. The van der Waals surface area contributed by atoms with E-state index in [1.54, 1.807) is 4.68 Å². The van der Waals surface area contributed by atoms with E-state index in [1.165, 1.54) is 0 Å². The number of nitrogens with one attached hydrogen (secondary N) is 1. The Labute approximate surface area is 99.0 Å². The van der Waals surface area contributed by atoms with Crippen LogP contribution in [-0.4, -0.2) is 9.78 Å². The molecule has 0 unspecified atom stereocenters. The Hall–Kier alpha value is -0.510. The van der Waals surface area contributed by atoms with Crippen LogP contribution >= 0.6 is 15.9 Å². The van der Waals surface area contributed by atoms with E-state index in [0.29, 0.717) is 10.4 Å². The highest BCUT2D eigenvalue weighted by molar-refractivity contribution is 9.10. The molecule has 1 heterocycles. The van der Waals surface area contributed by atoms with Gasteiger partial charge in [0.1, 0.15) is 4.47 Å². The Bertz CT molecular complexity index is 365. The van der Waals surface area contributed by atoms with Crippen molar-refractivity contribution in [1.29, 1.82) is 0 Å². The average Bonchev–Trinajstić information content (AvgIpc) is 2.44. The van der Waals surface area contributed by atoms with Crippen molar-refractivity contribution >= 4 is 15.9 Å². The lowest BCUT2D eigenvalue weighted by Crippen LogP contribution is -2.17. The minimum Gasteiger partial charge on any atom is -0.299 e. The van der Waals surface area contributed by atoms with E-state index in [0.717, 1.165) is 31.5 Å². The van der Waals surface area contributed by atoms with E-state index in [1.807, 2.05) is 0 Å². The number of aromatic amines is 1. The summed E-state index contributed by atoms with van der Waals surface area (Å²) in [5, 5.41) is 3.16. The van der Waals surface area contributed by atoms with Gasteiger partial charge in [-0.2, -0.15) is 0 Å². The minimum atomic E-state index is 0.0686. The number of hydrogen-bond donors (Lipinski definition) is 1. The van der Waals surface area contributed by atoms with Crippen molar-refractivity contribution in [1.82, 2.24) is 9.78 Å². The Morgan fingerprint density at radius 2 is 2.13 bits per heavy atom. The number of hydrogen-bond acceptors (Lipinski definition) is 1. The van der Waals surface area contributed by atoms with Gasteiger partial charge < -0.3 is 0 Å². The van der Waals surface area contributed by atoms with Crippen molar-refractivity contribution in [3.05, 3.63) is 20.5 Å². The van der Waals surface area contributed by atoms with Gasteiger partial charge in [-0.25, -0.2) is 0 Å². The lowest BCUT2D eigenvalue weighted by Gasteiger charge is -2.04. The third-order valence-electron chi connectivity index (χ3n) is 2.40. The summed E-state index contributed by atoms with van der Waals surface area (Å²) in [5.74, 6) is 0.619. The third kappa shape index (κ3) is 3.23. The summed E-state index contributed by atoms with van der Waals surface area (Å²) in [5.41, 5.74) is 1.09. The molecule has 1 rings (SSSR count). The van der Waals surface area contributed by atoms with Gasteiger partial charge in [-0.1, -0.05) is 27.2 Å². The third-order valence-corrected chi connectivity index (χ3v) is 3.22. The van der Waals surface area contributed by atoms with Gasteiger partial charge in [0.2, 0.25) is 0 Å². The summed E-state index contributed by atoms with van der Waals surface area (Å²) in [6.07, 6.45) is 2.99.